The van der Waals surface area contributed by atoms with Gasteiger partial charge in [0.1, 0.15) is 23.6 Å². The van der Waals surface area contributed by atoms with Crippen LogP contribution in [-0.2, 0) is 6.54 Å². The van der Waals surface area contributed by atoms with Crippen LogP contribution >= 0.6 is 11.6 Å². The number of nitrogens with one attached hydrogen (secondary N) is 1. The van der Waals surface area contributed by atoms with Crippen molar-refractivity contribution in [2.24, 2.45) is 16.7 Å². The predicted molar refractivity (Wildman–Crippen MR) is 166 cm³/mol. The van der Waals surface area contributed by atoms with E-state index < -0.39 is 0 Å². The first kappa shape index (κ1) is 28.7. The lowest BCUT2D eigenvalue weighted by Gasteiger charge is -2.65. The number of carbonyl (C=O) groups is 1. The number of benzene rings is 1. The first-order valence-electron chi connectivity index (χ1n) is 15.7. The molecule has 1 aromatic heterocycles. The van der Waals surface area contributed by atoms with Crippen molar-refractivity contribution in [2.45, 2.75) is 96.6 Å². The fraction of sp³-hybridized carbons (Fsp3) is 0.571. The van der Waals surface area contributed by atoms with Crippen molar-refractivity contribution in [3.8, 4) is 23.7 Å². The van der Waals surface area contributed by atoms with Crippen molar-refractivity contribution < 1.29 is 9.53 Å². The Morgan fingerprint density at radius 2 is 1.84 bits per heavy atom. The van der Waals surface area contributed by atoms with Crippen molar-refractivity contribution in [1.29, 1.82) is 5.26 Å². The van der Waals surface area contributed by atoms with Crippen LogP contribution in [0.1, 0.15) is 87.1 Å². The van der Waals surface area contributed by atoms with Crippen molar-refractivity contribution >= 4 is 17.5 Å². The van der Waals surface area contributed by atoms with Crippen LogP contribution in [0.4, 0.5) is 0 Å². The van der Waals surface area contributed by atoms with Crippen molar-refractivity contribution in [1.82, 2.24) is 20.1 Å². The van der Waals surface area contributed by atoms with E-state index >= 15 is 0 Å². The molecule has 2 aliphatic carbocycles. The highest BCUT2D eigenvalue weighted by atomic mass is 35.5. The molecule has 1 N–H and O–H groups in total. The first-order valence-corrected chi connectivity index (χ1v) is 16.1. The van der Waals surface area contributed by atoms with Gasteiger partial charge in [0.05, 0.1) is 28.4 Å². The van der Waals surface area contributed by atoms with Crippen LogP contribution in [0.15, 0.2) is 30.3 Å². The van der Waals surface area contributed by atoms with Gasteiger partial charge in [0.15, 0.2) is 0 Å². The number of pyridine rings is 1. The third-order valence-corrected chi connectivity index (χ3v) is 11.2. The van der Waals surface area contributed by atoms with Crippen LogP contribution in [0, 0.1) is 39.9 Å². The number of piperazine rings is 1. The Morgan fingerprint density at radius 1 is 1.07 bits per heavy atom. The number of hydrogen-bond donors (Lipinski definition) is 1. The van der Waals surface area contributed by atoms with E-state index in [1.54, 1.807) is 18.2 Å². The Kier molecular flexibility index (Phi) is 7.01. The minimum atomic E-state index is -0.311. The summed E-state index contributed by atoms with van der Waals surface area (Å²) in [5.74, 6) is 7.95. The Bertz CT molecular complexity index is 1540. The van der Waals surface area contributed by atoms with E-state index in [9.17, 15) is 10.1 Å². The topological polar surface area (TPSA) is 81.5 Å². The zero-order valence-corrected chi connectivity index (χ0v) is 26.2. The lowest BCUT2D eigenvalue weighted by Crippen LogP contribution is -2.74. The van der Waals surface area contributed by atoms with Gasteiger partial charge in [-0.15, -0.1) is 0 Å². The standard InChI is InChI=1S/C35H40ClN5O2/c1-34(2)32(35(3,4)33(34)43-27-13-8-22(17-37)29(36)16-27)41-20-30-28(31(41)42)14-10-23(39-30)9-5-21-6-11-25(12-7-21)40-19-24-15-26(40)18-38-24/h8,10,13-14,16,21,24-26,32-33,38H,6-7,11-12,15,18-20H2,1-4H3/t21?,24?,25?,26?,32-,33-. The number of fused-ring (bicyclic) bond motifs is 3. The third kappa shape index (κ3) is 4.81. The predicted octanol–water partition coefficient (Wildman–Crippen LogP) is 5.40. The number of halogens is 1. The van der Waals surface area contributed by atoms with E-state index in [1.165, 1.54) is 25.8 Å². The number of carbonyl (C=O) groups excluding carboxylic acids is 1. The molecule has 5 aliphatic rings. The van der Waals surface area contributed by atoms with Gasteiger partial charge in [-0.2, -0.15) is 5.26 Å². The molecule has 1 aromatic carbocycles. The minimum absolute atomic E-state index is 0.0252. The third-order valence-electron chi connectivity index (χ3n) is 10.8. The molecule has 0 spiro atoms. The molecule has 8 heteroatoms. The van der Waals surface area contributed by atoms with E-state index in [2.05, 4.69) is 55.8 Å². The SMILES string of the molecule is CC1(C)[C@H](Oc2ccc(C#N)c(Cl)c2)C(C)(C)[C@H]1N1Cc2nc(C#CC3CCC(N4CC5CC4CN5)CC3)ccc2C1=O. The molecule has 2 saturated heterocycles. The second-order valence-corrected chi connectivity index (χ2v) is 14.8. The molecule has 2 atom stereocenters. The van der Waals surface area contributed by atoms with Crippen LogP contribution in [0.25, 0.3) is 0 Å². The maximum atomic E-state index is 13.6. The van der Waals surface area contributed by atoms with E-state index in [1.807, 2.05) is 17.0 Å². The fourth-order valence-electron chi connectivity index (χ4n) is 9.26. The summed E-state index contributed by atoms with van der Waals surface area (Å²) >= 11 is 6.26. The molecule has 7 rings (SSSR count). The van der Waals surface area contributed by atoms with Crippen LogP contribution in [-0.4, -0.2) is 64.1 Å². The minimum Gasteiger partial charge on any atom is -0.489 e. The summed E-state index contributed by atoms with van der Waals surface area (Å²) in [6.07, 6.45) is 5.95. The number of amides is 1. The Labute approximate surface area is 259 Å². The number of nitriles is 1. The first-order chi connectivity index (χ1) is 20.6. The zero-order valence-electron chi connectivity index (χ0n) is 25.5. The van der Waals surface area contributed by atoms with Crippen LogP contribution in [0.5, 0.6) is 5.75 Å². The lowest BCUT2D eigenvalue weighted by atomic mass is 9.49. The molecule has 0 radical (unpaired) electrons. The van der Waals surface area contributed by atoms with Gasteiger partial charge in [0.2, 0.25) is 0 Å². The molecule has 3 aliphatic heterocycles. The summed E-state index contributed by atoms with van der Waals surface area (Å²) in [5.41, 5.74) is 2.04. The number of nitrogens with zero attached hydrogens (tertiary/aromatic N) is 4. The van der Waals surface area contributed by atoms with E-state index in [0.717, 1.165) is 42.9 Å². The summed E-state index contributed by atoms with van der Waals surface area (Å²) in [5, 5.41) is 13.2. The average Bonchev–Trinajstić information content (AvgIpc) is 3.70. The van der Waals surface area contributed by atoms with Gasteiger partial charge in [-0.25, -0.2) is 4.98 Å². The second kappa shape index (κ2) is 10.5. The Hall–Kier alpha value is -3.10. The summed E-state index contributed by atoms with van der Waals surface area (Å²) < 4.78 is 6.45. The molecule has 4 fully saturated rings. The maximum absolute atomic E-state index is 13.6. The quantitative estimate of drug-likeness (QED) is 0.475. The lowest BCUT2D eigenvalue weighted by molar-refractivity contribution is -0.199. The van der Waals surface area contributed by atoms with Gasteiger partial charge in [0, 0.05) is 60.1 Å². The maximum Gasteiger partial charge on any atom is 0.256 e. The summed E-state index contributed by atoms with van der Waals surface area (Å²) in [6.45, 7) is 11.5. The molecule has 1 amide bonds. The van der Waals surface area contributed by atoms with Gasteiger partial charge in [0.25, 0.3) is 5.91 Å². The zero-order chi connectivity index (χ0) is 30.1. The molecular formula is C35H40ClN5O2. The molecule has 7 nitrogen and oxygen atoms in total. The Morgan fingerprint density at radius 3 is 2.49 bits per heavy atom. The number of ether oxygens (including phenoxy) is 1. The highest BCUT2D eigenvalue weighted by molar-refractivity contribution is 6.31. The largest absolute Gasteiger partial charge is 0.489 e. The van der Waals surface area contributed by atoms with E-state index in [0.29, 0.717) is 40.4 Å². The molecule has 43 heavy (non-hydrogen) atoms. The van der Waals surface area contributed by atoms with Crippen LogP contribution < -0.4 is 10.1 Å². The van der Waals surface area contributed by atoms with Crippen LogP contribution in [0.2, 0.25) is 5.02 Å². The summed E-state index contributed by atoms with van der Waals surface area (Å²) in [6, 6.07) is 13.2. The molecule has 2 unspecified atom stereocenters. The second-order valence-electron chi connectivity index (χ2n) is 14.4. The monoisotopic (exact) mass is 597 g/mol. The van der Waals surface area contributed by atoms with Gasteiger partial charge >= 0.3 is 0 Å². The molecule has 224 valence electrons. The average molecular weight is 598 g/mol. The van der Waals surface area contributed by atoms with Gasteiger partial charge in [-0.1, -0.05) is 45.2 Å². The van der Waals surface area contributed by atoms with Gasteiger partial charge in [-0.3, -0.25) is 9.69 Å². The van der Waals surface area contributed by atoms with Crippen molar-refractivity contribution in [3.63, 3.8) is 0 Å². The number of aromatic nitrogens is 1. The summed E-state index contributed by atoms with van der Waals surface area (Å²) in [4.78, 5) is 23.2. The summed E-state index contributed by atoms with van der Waals surface area (Å²) in [7, 11) is 0. The van der Waals surface area contributed by atoms with Gasteiger partial charge < -0.3 is 15.0 Å². The van der Waals surface area contributed by atoms with Crippen molar-refractivity contribution in [2.75, 3.05) is 13.1 Å². The number of hydrogen-bond acceptors (Lipinski definition) is 6. The van der Waals surface area contributed by atoms with Crippen molar-refractivity contribution in [3.05, 3.63) is 57.9 Å². The fourth-order valence-corrected chi connectivity index (χ4v) is 9.47. The molecule has 2 bridgehead atoms. The molecule has 4 heterocycles. The van der Waals surface area contributed by atoms with E-state index in [4.69, 9.17) is 21.3 Å². The highest BCUT2D eigenvalue weighted by Gasteiger charge is 2.67. The van der Waals surface area contributed by atoms with E-state index in [-0.39, 0.29) is 28.9 Å². The normalized spacial score (nSPS) is 32.0. The smallest absolute Gasteiger partial charge is 0.256 e. The molecule has 2 aromatic rings. The Balaban J connectivity index is 1.00. The molecular weight excluding hydrogens is 558 g/mol. The number of rotatable bonds is 4. The van der Waals surface area contributed by atoms with Crippen LogP contribution in [0.3, 0.4) is 0 Å². The number of likely N-dealkylation sites (tertiary alicyclic amines) is 1. The molecule has 2 saturated carbocycles. The highest BCUT2D eigenvalue weighted by Crippen LogP contribution is 2.59. The van der Waals surface area contributed by atoms with Gasteiger partial charge in [-0.05, 0) is 62.3 Å².